The molecule has 1 amide bonds. The van der Waals surface area contributed by atoms with E-state index in [0.717, 1.165) is 11.8 Å². The Labute approximate surface area is 160 Å². The van der Waals surface area contributed by atoms with E-state index in [2.05, 4.69) is 5.32 Å². The third-order valence-electron chi connectivity index (χ3n) is 3.96. The normalized spacial score (nSPS) is 12.3. The first-order valence-corrected chi connectivity index (χ1v) is 10.7. The minimum atomic E-state index is -3.29. The maximum atomic E-state index is 12.5. The molecule has 1 N–H and O–H groups in total. The molecule has 2 aromatic rings. The highest BCUT2D eigenvalue weighted by atomic mass is 32.2. The van der Waals surface area contributed by atoms with Crippen LogP contribution in [0.25, 0.3) is 0 Å². The van der Waals surface area contributed by atoms with Gasteiger partial charge >= 0.3 is 0 Å². The molecule has 0 heterocycles. The molecule has 0 aliphatic carbocycles. The summed E-state index contributed by atoms with van der Waals surface area (Å²) in [5.74, 6) is 1.02. The molecule has 146 valence electrons. The molecule has 0 aromatic heterocycles. The van der Waals surface area contributed by atoms with Crippen molar-refractivity contribution >= 4 is 15.7 Å². The van der Waals surface area contributed by atoms with Crippen molar-refractivity contribution in [2.75, 3.05) is 19.5 Å². The first-order valence-electron chi connectivity index (χ1n) is 8.76. The molecule has 0 radical (unpaired) electrons. The predicted molar refractivity (Wildman–Crippen MR) is 104 cm³/mol. The average molecular weight is 391 g/mol. The molecule has 0 aliphatic heterocycles. The molecule has 0 saturated carbocycles. The van der Waals surface area contributed by atoms with E-state index in [1.54, 1.807) is 0 Å². The Kier molecular flexibility index (Phi) is 6.85. The van der Waals surface area contributed by atoms with Crippen molar-refractivity contribution in [1.29, 1.82) is 0 Å². The number of carbonyl (C=O) groups excluding carboxylic acids is 1. The second-order valence-corrected chi connectivity index (χ2v) is 8.08. The Balaban J connectivity index is 2.15. The Morgan fingerprint density at radius 2 is 1.59 bits per heavy atom. The zero-order valence-corrected chi connectivity index (χ0v) is 16.8. The summed E-state index contributed by atoms with van der Waals surface area (Å²) < 4.78 is 34.2. The average Bonchev–Trinajstić information content (AvgIpc) is 2.63. The summed E-state index contributed by atoms with van der Waals surface area (Å²) in [6.45, 7) is 6.72. The van der Waals surface area contributed by atoms with E-state index < -0.39 is 9.84 Å². The van der Waals surface area contributed by atoms with E-state index in [1.165, 1.54) is 24.3 Å². The Morgan fingerprint density at radius 1 is 1.00 bits per heavy atom. The third-order valence-corrected chi connectivity index (χ3v) is 5.09. The van der Waals surface area contributed by atoms with E-state index in [1.807, 2.05) is 39.0 Å². The highest BCUT2D eigenvalue weighted by molar-refractivity contribution is 7.90. The van der Waals surface area contributed by atoms with Crippen molar-refractivity contribution < 1.29 is 22.7 Å². The molecule has 0 unspecified atom stereocenters. The fraction of sp³-hybridized carbons (Fsp3) is 0.350. The van der Waals surface area contributed by atoms with Gasteiger partial charge in [0.05, 0.1) is 24.2 Å². The lowest BCUT2D eigenvalue weighted by atomic mass is 10.1. The van der Waals surface area contributed by atoms with Gasteiger partial charge in [-0.05, 0) is 62.7 Å². The fourth-order valence-electron chi connectivity index (χ4n) is 2.55. The quantitative estimate of drug-likeness (QED) is 0.746. The van der Waals surface area contributed by atoms with Gasteiger partial charge in [0, 0.05) is 11.8 Å². The van der Waals surface area contributed by atoms with Gasteiger partial charge in [-0.2, -0.15) is 0 Å². The van der Waals surface area contributed by atoms with Gasteiger partial charge in [-0.15, -0.1) is 0 Å². The molecular weight excluding hydrogens is 366 g/mol. The van der Waals surface area contributed by atoms with Crippen LogP contribution in [0.4, 0.5) is 0 Å². The number of amides is 1. The lowest BCUT2D eigenvalue weighted by Crippen LogP contribution is -2.26. The fourth-order valence-corrected chi connectivity index (χ4v) is 3.18. The topological polar surface area (TPSA) is 81.7 Å². The first-order chi connectivity index (χ1) is 12.8. The van der Waals surface area contributed by atoms with Crippen molar-refractivity contribution in [1.82, 2.24) is 5.32 Å². The van der Waals surface area contributed by atoms with Crippen LogP contribution >= 0.6 is 0 Å². The summed E-state index contributed by atoms with van der Waals surface area (Å²) in [5, 5.41) is 2.91. The predicted octanol–water partition coefficient (Wildman–Crippen LogP) is 3.38. The van der Waals surface area contributed by atoms with Crippen LogP contribution in [0.5, 0.6) is 11.5 Å². The van der Waals surface area contributed by atoms with Crippen LogP contribution in [0.15, 0.2) is 47.4 Å². The molecule has 0 aliphatic rings. The number of hydrogen-bond donors (Lipinski definition) is 1. The summed E-state index contributed by atoms with van der Waals surface area (Å²) in [6.07, 6.45) is 1.13. The van der Waals surface area contributed by atoms with Crippen LogP contribution in [0.1, 0.15) is 42.7 Å². The van der Waals surface area contributed by atoms with Crippen LogP contribution in [0.2, 0.25) is 0 Å². The zero-order chi connectivity index (χ0) is 20.0. The van der Waals surface area contributed by atoms with E-state index in [4.69, 9.17) is 9.47 Å². The number of nitrogens with one attached hydrogen (secondary N) is 1. The number of ether oxygens (including phenoxy) is 2. The highest BCUT2D eigenvalue weighted by Crippen LogP contribution is 2.30. The summed E-state index contributed by atoms with van der Waals surface area (Å²) in [4.78, 5) is 12.6. The highest BCUT2D eigenvalue weighted by Gasteiger charge is 2.15. The third kappa shape index (κ3) is 5.47. The number of benzene rings is 2. The minimum Gasteiger partial charge on any atom is -0.490 e. The van der Waals surface area contributed by atoms with Crippen LogP contribution in [-0.4, -0.2) is 33.8 Å². The van der Waals surface area contributed by atoms with Crippen LogP contribution in [-0.2, 0) is 9.84 Å². The van der Waals surface area contributed by atoms with Gasteiger partial charge in [-0.25, -0.2) is 8.42 Å². The number of sulfone groups is 1. The Hall–Kier alpha value is -2.54. The largest absolute Gasteiger partial charge is 0.490 e. The molecule has 2 aromatic carbocycles. The maximum absolute atomic E-state index is 12.5. The Bertz CT molecular complexity index is 891. The molecule has 0 fully saturated rings. The lowest BCUT2D eigenvalue weighted by molar-refractivity contribution is 0.0939. The molecule has 2 rings (SSSR count). The van der Waals surface area contributed by atoms with Crippen LogP contribution in [0.3, 0.4) is 0 Å². The van der Waals surface area contributed by atoms with E-state index in [-0.39, 0.29) is 16.8 Å². The molecule has 27 heavy (non-hydrogen) atoms. The van der Waals surface area contributed by atoms with Crippen molar-refractivity contribution in [2.24, 2.45) is 0 Å². The smallest absolute Gasteiger partial charge is 0.251 e. The number of rotatable bonds is 8. The molecule has 0 bridgehead atoms. The summed E-state index contributed by atoms with van der Waals surface area (Å²) in [5.41, 5.74) is 1.27. The number of carbonyl (C=O) groups is 1. The monoisotopic (exact) mass is 391 g/mol. The van der Waals surface area contributed by atoms with Gasteiger partial charge in [0.2, 0.25) is 0 Å². The molecular formula is C20H25NO5S. The standard InChI is InChI=1S/C20H25NO5S/c1-5-25-18-12-9-16(13-19(18)26-6-2)14(3)21-20(22)15-7-10-17(11-8-15)27(4,23)24/h7-14H,5-6H2,1-4H3,(H,21,22)/t14-/m0/s1. The lowest BCUT2D eigenvalue weighted by Gasteiger charge is -2.17. The molecule has 0 saturated heterocycles. The van der Waals surface area contributed by atoms with Gasteiger partial charge < -0.3 is 14.8 Å². The van der Waals surface area contributed by atoms with Crippen molar-refractivity contribution in [3.05, 3.63) is 53.6 Å². The van der Waals surface area contributed by atoms with Gasteiger partial charge in [0.15, 0.2) is 21.3 Å². The zero-order valence-electron chi connectivity index (χ0n) is 16.0. The van der Waals surface area contributed by atoms with Gasteiger partial charge in [-0.1, -0.05) is 6.07 Å². The van der Waals surface area contributed by atoms with Crippen molar-refractivity contribution in [3.63, 3.8) is 0 Å². The second-order valence-electron chi connectivity index (χ2n) is 6.06. The minimum absolute atomic E-state index is 0.181. The first kappa shape index (κ1) is 20.8. The van der Waals surface area contributed by atoms with Crippen LogP contribution < -0.4 is 14.8 Å². The van der Waals surface area contributed by atoms with Gasteiger partial charge in [0.25, 0.3) is 5.91 Å². The Morgan fingerprint density at radius 3 is 2.15 bits per heavy atom. The van der Waals surface area contributed by atoms with Gasteiger partial charge in [0.1, 0.15) is 0 Å². The van der Waals surface area contributed by atoms with Gasteiger partial charge in [-0.3, -0.25) is 4.79 Å². The molecule has 6 nitrogen and oxygen atoms in total. The second kappa shape index (κ2) is 8.90. The summed E-state index contributed by atoms with van der Waals surface area (Å²) >= 11 is 0. The van der Waals surface area contributed by atoms with E-state index >= 15 is 0 Å². The van der Waals surface area contributed by atoms with E-state index in [0.29, 0.717) is 30.3 Å². The number of hydrogen-bond acceptors (Lipinski definition) is 5. The molecule has 1 atom stereocenters. The summed E-state index contributed by atoms with van der Waals surface area (Å²) in [6, 6.07) is 11.2. The maximum Gasteiger partial charge on any atom is 0.251 e. The molecule has 7 heteroatoms. The van der Waals surface area contributed by atoms with E-state index in [9.17, 15) is 13.2 Å². The van der Waals surface area contributed by atoms with Crippen LogP contribution in [0, 0.1) is 0 Å². The molecule has 0 spiro atoms. The van der Waals surface area contributed by atoms with Crippen molar-refractivity contribution in [2.45, 2.75) is 31.7 Å². The summed E-state index contributed by atoms with van der Waals surface area (Å²) in [7, 11) is -3.29. The van der Waals surface area contributed by atoms with Crippen molar-refractivity contribution in [3.8, 4) is 11.5 Å². The SMILES string of the molecule is CCOc1ccc([C@H](C)NC(=O)c2ccc(S(C)(=O)=O)cc2)cc1OCC.